The van der Waals surface area contributed by atoms with Crippen LogP contribution in [0.1, 0.15) is 46.1 Å². The van der Waals surface area contributed by atoms with Crippen LogP contribution in [0.25, 0.3) is 0 Å². The van der Waals surface area contributed by atoms with Crippen molar-refractivity contribution in [3.63, 3.8) is 0 Å². The molecule has 0 spiro atoms. The highest BCUT2D eigenvalue weighted by molar-refractivity contribution is 8.00. The first-order chi connectivity index (χ1) is 20.8. The van der Waals surface area contributed by atoms with E-state index >= 15 is 0 Å². The average molecular weight is 627 g/mol. The number of hydrogen-bond acceptors (Lipinski definition) is 8. The first kappa shape index (κ1) is 34.0. The lowest BCUT2D eigenvalue weighted by Crippen LogP contribution is -2.56. The van der Waals surface area contributed by atoms with Crippen LogP contribution in [0.2, 0.25) is 0 Å². The minimum atomic E-state index is -1.16. The summed E-state index contributed by atoms with van der Waals surface area (Å²) in [5.41, 5.74) is 0.682. The maximum absolute atomic E-state index is 9.93. The maximum Gasteiger partial charge on any atom is 0.136 e. The Morgan fingerprint density at radius 2 is 1.09 bits per heavy atom. The minimum absolute atomic E-state index is 0.0299. The van der Waals surface area contributed by atoms with E-state index in [2.05, 4.69) is 75.4 Å². The van der Waals surface area contributed by atoms with Crippen molar-refractivity contribution in [3.8, 4) is 0 Å². The Morgan fingerprint density at radius 1 is 0.605 bits per heavy atom. The number of thioether (sulfide) groups is 2. The van der Waals surface area contributed by atoms with E-state index in [-0.39, 0.29) is 11.5 Å². The van der Waals surface area contributed by atoms with Crippen LogP contribution in [0.15, 0.2) is 101 Å². The zero-order chi connectivity index (χ0) is 30.8. The van der Waals surface area contributed by atoms with Crippen LogP contribution in [0.5, 0.6) is 0 Å². The molecule has 2 heterocycles. The molecule has 234 valence electrons. The van der Waals surface area contributed by atoms with Gasteiger partial charge in [0, 0.05) is 9.79 Å². The van der Waals surface area contributed by atoms with Crippen LogP contribution in [0.4, 0.5) is 0 Å². The molecule has 3 aromatic carbocycles. The summed E-state index contributed by atoms with van der Waals surface area (Å²) in [6, 6.07) is 30.4. The molecule has 3 N–H and O–H groups in total. The fourth-order valence-electron chi connectivity index (χ4n) is 5.44. The first-order valence-corrected chi connectivity index (χ1v) is 17.0. The van der Waals surface area contributed by atoms with Crippen molar-refractivity contribution in [2.75, 3.05) is 0 Å². The molecular formula is C35H46O6S2. The van der Waals surface area contributed by atoms with Crippen molar-refractivity contribution in [2.24, 2.45) is 11.8 Å². The normalized spacial score (nSPS) is 32.4. The second-order valence-electron chi connectivity index (χ2n) is 11.2. The molecule has 2 saturated heterocycles. The molecule has 2 fully saturated rings. The van der Waals surface area contributed by atoms with Gasteiger partial charge >= 0.3 is 0 Å². The van der Waals surface area contributed by atoms with Crippen molar-refractivity contribution < 1.29 is 29.5 Å². The molecule has 5 rings (SSSR count). The van der Waals surface area contributed by atoms with Gasteiger partial charge in [0.25, 0.3) is 0 Å². The molecule has 0 aromatic heterocycles. The van der Waals surface area contributed by atoms with Gasteiger partial charge in [0.15, 0.2) is 0 Å². The second-order valence-corrected chi connectivity index (χ2v) is 13.6. The van der Waals surface area contributed by atoms with Crippen LogP contribution in [0, 0.1) is 11.8 Å². The SMILES string of the molecule is CCC1O[C@H](Sc2ccccc2)C(O)[C@@H](O)[C@@H]1O.CCC1O[C@H](Sc2ccccc2)C(OCc2ccccc2)[C@@H](C)[C@@H]1C. The molecule has 3 aromatic rings. The molecular weight excluding hydrogens is 581 g/mol. The molecule has 2 aliphatic heterocycles. The smallest absolute Gasteiger partial charge is 0.136 e. The second kappa shape index (κ2) is 17.0. The summed E-state index contributed by atoms with van der Waals surface area (Å²) in [4.78, 5) is 2.19. The summed E-state index contributed by atoms with van der Waals surface area (Å²) in [5.74, 6) is 0.960. The summed E-state index contributed by atoms with van der Waals surface area (Å²) < 4.78 is 18.5. The van der Waals surface area contributed by atoms with E-state index in [0.717, 1.165) is 11.3 Å². The molecule has 8 heteroatoms. The summed E-state index contributed by atoms with van der Waals surface area (Å²) in [5, 5.41) is 29.5. The zero-order valence-electron chi connectivity index (χ0n) is 25.4. The number of rotatable bonds is 9. The predicted molar refractivity (Wildman–Crippen MR) is 174 cm³/mol. The van der Waals surface area contributed by atoms with E-state index in [9.17, 15) is 15.3 Å². The molecule has 0 aliphatic carbocycles. The monoisotopic (exact) mass is 626 g/mol. The molecule has 0 saturated carbocycles. The Labute approximate surface area is 265 Å². The van der Waals surface area contributed by atoms with Gasteiger partial charge in [-0.2, -0.15) is 0 Å². The van der Waals surface area contributed by atoms with E-state index in [4.69, 9.17) is 14.2 Å². The third kappa shape index (κ3) is 9.31. The average Bonchev–Trinajstić information content (AvgIpc) is 3.04. The fraction of sp³-hybridized carbons (Fsp3) is 0.486. The van der Waals surface area contributed by atoms with Crippen molar-refractivity contribution in [3.05, 3.63) is 96.6 Å². The van der Waals surface area contributed by atoms with Gasteiger partial charge in [0.05, 0.1) is 24.9 Å². The van der Waals surface area contributed by atoms with Gasteiger partial charge in [-0.05, 0) is 54.5 Å². The Balaban J connectivity index is 0.000000208. The van der Waals surface area contributed by atoms with Gasteiger partial charge < -0.3 is 29.5 Å². The molecule has 4 unspecified atom stereocenters. The zero-order valence-corrected chi connectivity index (χ0v) is 27.1. The summed E-state index contributed by atoms with van der Waals surface area (Å²) in [6.45, 7) is 9.32. The number of hydrogen-bond donors (Lipinski definition) is 3. The Morgan fingerprint density at radius 3 is 1.63 bits per heavy atom. The van der Waals surface area contributed by atoms with Crippen LogP contribution >= 0.6 is 23.5 Å². The number of benzene rings is 3. The molecule has 10 atom stereocenters. The van der Waals surface area contributed by atoms with E-state index in [1.54, 1.807) is 11.8 Å². The number of aliphatic hydroxyl groups is 3. The largest absolute Gasteiger partial charge is 0.388 e. The lowest BCUT2D eigenvalue weighted by atomic mass is 9.83. The molecule has 2 aliphatic rings. The van der Waals surface area contributed by atoms with Crippen molar-refractivity contribution >= 4 is 23.5 Å². The lowest BCUT2D eigenvalue weighted by molar-refractivity contribution is -0.198. The van der Waals surface area contributed by atoms with Gasteiger partial charge in [0.2, 0.25) is 0 Å². The minimum Gasteiger partial charge on any atom is -0.388 e. The summed E-state index contributed by atoms with van der Waals surface area (Å²) in [7, 11) is 0. The predicted octanol–water partition coefficient (Wildman–Crippen LogP) is 6.77. The lowest BCUT2D eigenvalue weighted by Gasteiger charge is -2.44. The number of aliphatic hydroxyl groups excluding tert-OH is 3. The molecule has 0 bridgehead atoms. The Kier molecular flexibility index (Phi) is 13.4. The van der Waals surface area contributed by atoms with Crippen LogP contribution in [-0.2, 0) is 20.8 Å². The molecule has 0 amide bonds. The molecule has 6 nitrogen and oxygen atoms in total. The Bertz CT molecular complexity index is 1180. The van der Waals surface area contributed by atoms with Gasteiger partial charge in [0.1, 0.15) is 29.2 Å². The molecule has 43 heavy (non-hydrogen) atoms. The van der Waals surface area contributed by atoms with Crippen molar-refractivity contribution in [1.29, 1.82) is 0 Å². The third-order valence-corrected chi connectivity index (χ3v) is 10.6. The summed E-state index contributed by atoms with van der Waals surface area (Å²) in [6.07, 6.45) is -1.70. The quantitative estimate of drug-likeness (QED) is 0.240. The van der Waals surface area contributed by atoms with Crippen LogP contribution in [-0.4, -0.2) is 62.8 Å². The van der Waals surface area contributed by atoms with Gasteiger partial charge in [-0.25, -0.2) is 0 Å². The highest BCUT2D eigenvalue weighted by atomic mass is 32.2. The van der Waals surface area contributed by atoms with Crippen LogP contribution < -0.4 is 0 Å². The van der Waals surface area contributed by atoms with Crippen LogP contribution in [0.3, 0.4) is 0 Å². The first-order valence-electron chi connectivity index (χ1n) is 15.3. The topological polar surface area (TPSA) is 88.4 Å². The van der Waals surface area contributed by atoms with E-state index in [1.165, 1.54) is 22.2 Å². The van der Waals surface area contributed by atoms with E-state index in [1.807, 2.05) is 43.3 Å². The van der Waals surface area contributed by atoms with E-state index in [0.29, 0.717) is 31.0 Å². The fourth-order valence-corrected chi connectivity index (χ4v) is 7.76. The standard InChI is InChI=1S/C22H28O2S.C13H18O4S/c1-4-20-16(2)17(3)21(23-15-18-11-7-5-8-12-18)22(24-20)25-19-13-9-6-10-14-19;1-2-9-10(14)11(15)12(16)13(17-9)18-8-6-4-3-5-7-8/h5-14,16-17,20-22H,4,15H2,1-3H3;3-7,9-16H,2H2,1H3/t16-,17-,20?,21?,22+;9?,10-,11+,12?,13-/m01/s1. The highest BCUT2D eigenvalue weighted by Crippen LogP contribution is 2.41. The number of ether oxygens (including phenoxy) is 3. The van der Waals surface area contributed by atoms with Gasteiger partial charge in [-0.1, -0.05) is 118 Å². The third-order valence-electron chi connectivity index (χ3n) is 8.26. The maximum atomic E-state index is 9.93. The highest BCUT2D eigenvalue weighted by Gasteiger charge is 2.43. The van der Waals surface area contributed by atoms with Crippen molar-refractivity contribution in [1.82, 2.24) is 0 Å². The van der Waals surface area contributed by atoms with Crippen molar-refractivity contribution in [2.45, 2.75) is 104 Å². The molecule has 0 radical (unpaired) electrons. The Hall–Kier alpha value is -1.88. The van der Waals surface area contributed by atoms with E-state index < -0.39 is 29.9 Å². The summed E-state index contributed by atoms with van der Waals surface area (Å²) >= 11 is 3.14. The van der Waals surface area contributed by atoms with Gasteiger partial charge in [-0.15, -0.1) is 0 Å². The van der Waals surface area contributed by atoms with Gasteiger partial charge in [-0.3, -0.25) is 0 Å².